The van der Waals surface area contributed by atoms with Gasteiger partial charge in [0.25, 0.3) is 11.1 Å². The first kappa shape index (κ1) is 17.8. The first-order chi connectivity index (χ1) is 12.5. The molecule has 1 saturated heterocycles. The first-order valence-corrected chi connectivity index (χ1v) is 8.50. The predicted molar refractivity (Wildman–Crippen MR) is 98.4 cm³/mol. The topological polar surface area (TPSA) is 76.8 Å². The van der Waals surface area contributed by atoms with Crippen LogP contribution < -0.4 is 0 Å². The average Bonchev–Trinajstić information content (AvgIpc) is 3.22. The van der Waals surface area contributed by atoms with Gasteiger partial charge in [0.05, 0.1) is 17.6 Å². The van der Waals surface area contributed by atoms with E-state index in [-0.39, 0.29) is 22.6 Å². The van der Waals surface area contributed by atoms with Crippen molar-refractivity contribution in [3.8, 4) is 11.3 Å². The highest BCUT2D eigenvalue weighted by Gasteiger charge is 2.34. The third-order valence-electron chi connectivity index (χ3n) is 3.68. The van der Waals surface area contributed by atoms with E-state index in [2.05, 4.69) is 6.58 Å². The summed E-state index contributed by atoms with van der Waals surface area (Å²) in [7, 11) is 1.31. The fourth-order valence-electron chi connectivity index (χ4n) is 2.48. The van der Waals surface area contributed by atoms with Crippen molar-refractivity contribution in [3.63, 3.8) is 0 Å². The Hall–Kier alpha value is -3.06. The van der Waals surface area contributed by atoms with Crippen molar-refractivity contribution in [2.45, 2.75) is 0 Å². The Morgan fingerprint density at radius 3 is 2.77 bits per heavy atom. The molecule has 0 N–H and O–H groups in total. The van der Waals surface area contributed by atoms with E-state index in [4.69, 9.17) is 9.15 Å². The molecule has 26 heavy (non-hydrogen) atoms. The second-order valence-corrected chi connectivity index (χ2v) is 6.31. The fraction of sp³-hybridized carbons (Fsp3) is 0.105. The normalized spacial score (nSPS) is 15.6. The highest BCUT2D eigenvalue weighted by molar-refractivity contribution is 8.18. The van der Waals surface area contributed by atoms with Gasteiger partial charge in [0.15, 0.2) is 0 Å². The Labute approximate surface area is 154 Å². The molecule has 1 fully saturated rings. The van der Waals surface area contributed by atoms with E-state index in [1.807, 2.05) is 0 Å². The number of thioether (sulfide) groups is 1. The van der Waals surface area contributed by atoms with Crippen molar-refractivity contribution in [2.24, 2.45) is 0 Å². The number of benzene rings is 1. The molecule has 0 unspecified atom stereocenters. The summed E-state index contributed by atoms with van der Waals surface area (Å²) in [6, 6.07) is 10.3. The van der Waals surface area contributed by atoms with Gasteiger partial charge in [-0.25, -0.2) is 4.79 Å². The number of esters is 1. The van der Waals surface area contributed by atoms with Crippen LogP contribution in [-0.2, 0) is 9.53 Å². The summed E-state index contributed by atoms with van der Waals surface area (Å²) in [5, 5.41) is -0.344. The number of amides is 2. The lowest BCUT2D eigenvalue weighted by atomic mass is 10.1. The van der Waals surface area contributed by atoms with E-state index in [9.17, 15) is 14.4 Å². The van der Waals surface area contributed by atoms with Crippen LogP contribution in [0.1, 0.15) is 16.1 Å². The van der Waals surface area contributed by atoms with Crippen molar-refractivity contribution in [1.29, 1.82) is 0 Å². The Morgan fingerprint density at radius 1 is 1.27 bits per heavy atom. The first-order valence-electron chi connectivity index (χ1n) is 7.69. The number of carbonyl (C=O) groups is 3. The number of hydrogen-bond acceptors (Lipinski definition) is 6. The van der Waals surface area contributed by atoms with Gasteiger partial charge in [0.1, 0.15) is 11.5 Å². The average molecular weight is 369 g/mol. The van der Waals surface area contributed by atoms with Crippen molar-refractivity contribution < 1.29 is 23.5 Å². The lowest BCUT2D eigenvalue weighted by molar-refractivity contribution is -0.122. The molecule has 2 amide bonds. The molecule has 0 aliphatic carbocycles. The van der Waals surface area contributed by atoms with Crippen molar-refractivity contribution in [1.82, 2.24) is 4.90 Å². The molecule has 1 aliphatic heterocycles. The molecule has 6 nitrogen and oxygen atoms in total. The minimum atomic E-state index is -0.468. The number of imide groups is 1. The molecule has 1 aromatic heterocycles. The smallest absolute Gasteiger partial charge is 0.338 e. The Bertz CT molecular complexity index is 928. The van der Waals surface area contributed by atoms with Crippen molar-refractivity contribution >= 4 is 35.0 Å². The summed E-state index contributed by atoms with van der Waals surface area (Å²) in [4.78, 5) is 37.4. The summed E-state index contributed by atoms with van der Waals surface area (Å²) in [6.07, 6.45) is 3.01. The molecule has 7 heteroatoms. The van der Waals surface area contributed by atoms with Crippen LogP contribution in [0.4, 0.5) is 4.79 Å². The number of methoxy groups -OCH3 is 1. The summed E-state index contributed by atoms with van der Waals surface area (Å²) >= 11 is 0.850. The van der Waals surface area contributed by atoms with Gasteiger partial charge in [-0.05, 0) is 30.0 Å². The molecule has 132 valence electrons. The van der Waals surface area contributed by atoms with Gasteiger partial charge >= 0.3 is 5.97 Å². The lowest BCUT2D eigenvalue weighted by Gasteiger charge is -2.07. The molecule has 1 aromatic carbocycles. The highest BCUT2D eigenvalue weighted by atomic mass is 32.2. The highest BCUT2D eigenvalue weighted by Crippen LogP contribution is 2.33. The second-order valence-electron chi connectivity index (χ2n) is 5.32. The SMILES string of the molecule is C=CCN1C(=O)S/C(=C/c2ccc(-c3ccccc3C(=O)OC)o2)C1=O. The van der Waals surface area contributed by atoms with Crippen molar-refractivity contribution in [2.75, 3.05) is 13.7 Å². The number of furan rings is 1. The number of hydrogen-bond donors (Lipinski definition) is 0. The van der Waals surface area contributed by atoms with Crippen LogP contribution in [0.2, 0.25) is 0 Å². The molecule has 0 bridgehead atoms. The monoisotopic (exact) mass is 369 g/mol. The van der Waals surface area contributed by atoms with E-state index in [0.717, 1.165) is 16.7 Å². The lowest BCUT2D eigenvalue weighted by Crippen LogP contribution is -2.27. The van der Waals surface area contributed by atoms with Crippen LogP contribution in [0.15, 0.2) is 58.4 Å². The maximum atomic E-state index is 12.2. The van der Waals surface area contributed by atoms with Crippen LogP contribution in [-0.4, -0.2) is 35.7 Å². The van der Waals surface area contributed by atoms with Gasteiger partial charge in [-0.2, -0.15) is 0 Å². The van der Waals surface area contributed by atoms with Crippen LogP contribution in [0.3, 0.4) is 0 Å². The third-order valence-corrected chi connectivity index (χ3v) is 4.59. The molecule has 1 aliphatic rings. The van der Waals surface area contributed by atoms with Crippen LogP contribution >= 0.6 is 11.8 Å². The van der Waals surface area contributed by atoms with E-state index in [0.29, 0.717) is 22.6 Å². The zero-order valence-corrected chi connectivity index (χ0v) is 14.7. The molecule has 0 saturated carbocycles. The maximum Gasteiger partial charge on any atom is 0.338 e. The van der Waals surface area contributed by atoms with Gasteiger partial charge < -0.3 is 9.15 Å². The molecular weight excluding hydrogens is 354 g/mol. The second kappa shape index (κ2) is 7.45. The predicted octanol–water partition coefficient (Wildman–Crippen LogP) is 3.96. The fourth-order valence-corrected chi connectivity index (χ4v) is 3.31. The van der Waals surface area contributed by atoms with E-state index in [1.165, 1.54) is 19.3 Å². The summed E-state index contributed by atoms with van der Waals surface area (Å²) < 4.78 is 10.5. The van der Waals surface area contributed by atoms with Gasteiger partial charge in [-0.1, -0.05) is 24.3 Å². The van der Waals surface area contributed by atoms with Gasteiger partial charge in [0, 0.05) is 18.2 Å². The molecular formula is C19H15NO5S. The van der Waals surface area contributed by atoms with E-state index >= 15 is 0 Å². The minimum absolute atomic E-state index is 0.165. The molecule has 0 atom stereocenters. The Balaban J connectivity index is 1.90. The van der Waals surface area contributed by atoms with E-state index in [1.54, 1.807) is 36.4 Å². The number of nitrogens with zero attached hydrogens (tertiary/aromatic N) is 1. The molecule has 2 heterocycles. The molecule has 0 spiro atoms. The summed E-state index contributed by atoms with van der Waals surface area (Å²) in [5.41, 5.74) is 0.959. The number of ether oxygens (including phenoxy) is 1. The standard InChI is InChI=1S/C19H15NO5S/c1-3-10-20-17(21)16(26-19(20)23)11-12-8-9-15(25-12)13-6-4-5-7-14(13)18(22)24-2/h3-9,11H,1,10H2,2H3/b16-11+. The van der Waals surface area contributed by atoms with E-state index < -0.39 is 5.97 Å². The quantitative estimate of drug-likeness (QED) is 0.451. The largest absolute Gasteiger partial charge is 0.465 e. The summed E-state index contributed by atoms with van der Waals surface area (Å²) in [6.45, 7) is 3.70. The van der Waals surface area contributed by atoms with Crippen molar-refractivity contribution in [3.05, 3.63) is 65.3 Å². The van der Waals surface area contributed by atoms with Gasteiger partial charge in [0.2, 0.25) is 0 Å². The molecule has 3 rings (SSSR count). The van der Waals surface area contributed by atoms with Crippen LogP contribution in [0.5, 0.6) is 0 Å². The Kier molecular flexibility index (Phi) is 5.09. The molecule has 2 aromatic rings. The van der Waals surface area contributed by atoms with Crippen LogP contribution in [0, 0.1) is 0 Å². The number of rotatable bonds is 5. The molecule has 0 radical (unpaired) electrons. The van der Waals surface area contributed by atoms with Gasteiger partial charge in [-0.15, -0.1) is 6.58 Å². The third kappa shape index (κ3) is 3.34. The Morgan fingerprint density at radius 2 is 2.04 bits per heavy atom. The minimum Gasteiger partial charge on any atom is -0.465 e. The zero-order valence-electron chi connectivity index (χ0n) is 13.9. The van der Waals surface area contributed by atoms with Gasteiger partial charge in [-0.3, -0.25) is 14.5 Å². The maximum absolute atomic E-state index is 12.2. The zero-order chi connectivity index (χ0) is 18.7. The van der Waals surface area contributed by atoms with Crippen LogP contribution in [0.25, 0.3) is 17.4 Å². The number of carbonyl (C=O) groups excluding carboxylic acids is 3. The summed E-state index contributed by atoms with van der Waals surface area (Å²) in [5.74, 6) is 0.0169.